The maximum atomic E-state index is 12.5. The van der Waals surface area contributed by atoms with E-state index in [0.29, 0.717) is 37.7 Å². The standard InChI is InChI=1S/C32H46N4O4SSi/c1-7-34(8-2)27-11-10-12-28(20-27)40-29-19-26(22-33)32-30(21-29)31(23-35(32)24-39-17-18-42(4,5)6)25-13-15-36(16-14-25)41(37,38)9-3/h10-12,19-21,23,25H,7-9,13-18,24H2,1-6H3. The highest BCUT2D eigenvalue weighted by atomic mass is 32.2. The van der Waals surface area contributed by atoms with Gasteiger partial charge >= 0.3 is 0 Å². The van der Waals surface area contributed by atoms with Crippen molar-refractivity contribution in [2.45, 2.75) is 71.9 Å². The number of nitriles is 1. The van der Waals surface area contributed by atoms with Crippen LogP contribution in [-0.2, 0) is 21.5 Å². The zero-order valence-electron chi connectivity index (χ0n) is 26.0. The quantitative estimate of drug-likeness (QED) is 0.153. The van der Waals surface area contributed by atoms with E-state index in [4.69, 9.17) is 9.47 Å². The van der Waals surface area contributed by atoms with E-state index in [0.717, 1.165) is 59.9 Å². The van der Waals surface area contributed by atoms with Crippen molar-refractivity contribution in [1.29, 1.82) is 5.26 Å². The van der Waals surface area contributed by atoms with Crippen molar-refractivity contribution in [3.05, 3.63) is 53.7 Å². The van der Waals surface area contributed by atoms with Crippen LogP contribution in [0.1, 0.15) is 50.7 Å². The minimum Gasteiger partial charge on any atom is -0.457 e. The Morgan fingerprint density at radius 1 is 1.05 bits per heavy atom. The van der Waals surface area contributed by atoms with Gasteiger partial charge in [-0.25, -0.2) is 12.7 Å². The number of fused-ring (bicyclic) bond motifs is 1. The van der Waals surface area contributed by atoms with E-state index in [9.17, 15) is 13.7 Å². The van der Waals surface area contributed by atoms with Gasteiger partial charge in [-0.1, -0.05) is 25.7 Å². The largest absolute Gasteiger partial charge is 0.457 e. The summed E-state index contributed by atoms with van der Waals surface area (Å²) in [5, 5.41) is 11.2. The lowest BCUT2D eigenvalue weighted by Gasteiger charge is -2.31. The fraction of sp³-hybridized carbons (Fsp3) is 0.531. The number of nitrogens with zero attached hydrogens (tertiary/aromatic N) is 4. The molecule has 0 bridgehead atoms. The van der Waals surface area contributed by atoms with Crippen molar-refractivity contribution in [2.24, 2.45) is 0 Å². The lowest BCUT2D eigenvalue weighted by atomic mass is 9.89. The second-order valence-electron chi connectivity index (χ2n) is 12.2. The van der Waals surface area contributed by atoms with Crippen molar-refractivity contribution in [2.75, 3.05) is 43.4 Å². The average Bonchev–Trinajstić information content (AvgIpc) is 3.33. The van der Waals surface area contributed by atoms with Crippen molar-refractivity contribution in [3.63, 3.8) is 0 Å². The number of sulfonamides is 1. The zero-order chi connectivity index (χ0) is 30.5. The number of hydrogen-bond donors (Lipinski definition) is 0. The monoisotopic (exact) mass is 610 g/mol. The van der Waals surface area contributed by atoms with Crippen molar-refractivity contribution >= 4 is 34.7 Å². The van der Waals surface area contributed by atoms with Crippen molar-refractivity contribution < 1.29 is 17.9 Å². The van der Waals surface area contributed by atoms with E-state index >= 15 is 0 Å². The van der Waals surface area contributed by atoms with Gasteiger partial charge in [-0.3, -0.25) is 0 Å². The van der Waals surface area contributed by atoms with E-state index in [1.807, 2.05) is 34.9 Å². The molecule has 0 saturated carbocycles. The van der Waals surface area contributed by atoms with Crippen LogP contribution >= 0.6 is 0 Å². The van der Waals surface area contributed by atoms with Gasteiger partial charge in [0.25, 0.3) is 0 Å². The third kappa shape index (κ3) is 7.56. The van der Waals surface area contributed by atoms with Crippen LogP contribution in [0.2, 0.25) is 25.7 Å². The highest BCUT2D eigenvalue weighted by molar-refractivity contribution is 7.89. The molecule has 0 aliphatic carbocycles. The van der Waals surface area contributed by atoms with Gasteiger partial charge in [-0.15, -0.1) is 0 Å². The van der Waals surface area contributed by atoms with E-state index < -0.39 is 18.1 Å². The zero-order valence-corrected chi connectivity index (χ0v) is 27.8. The molecule has 3 aromatic rings. The molecule has 0 N–H and O–H groups in total. The summed E-state index contributed by atoms with van der Waals surface area (Å²) in [5.41, 5.74) is 3.59. The molecule has 2 aromatic carbocycles. The molecule has 0 atom stereocenters. The third-order valence-corrected chi connectivity index (χ3v) is 11.7. The Morgan fingerprint density at radius 3 is 2.38 bits per heavy atom. The molecule has 10 heteroatoms. The first-order valence-corrected chi connectivity index (χ1v) is 20.5. The van der Waals surface area contributed by atoms with Gasteiger partial charge in [0, 0.05) is 70.3 Å². The molecule has 1 aliphatic heterocycles. The summed E-state index contributed by atoms with van der Waals surface area (Å²) in [6, 6.07) is 15.4. The van der Waals surface area contributed by atoms with Crippen LogP contribution in [0, 0.1) is 11.3 Å². The van der Waals surface area contributed by atoms with Gasteiger partial charge in [0.05, 0.1) is 16.8 Å². The molecule has 0 amide bonds. The highest BCUT2D eigenvalue weighted by Gasteiger charge is 2.30. The second-order valence-corrected chi connectivity index (χ2v) is 20.1. The normalized spacial score (nSPS) is 15.2. The molecule has 1 aromatic heterocycles. The van der Waals surface area contributed by atoms with Gasteiger partial charge < -0.3 is 18.9 Å². The van der Waals surface area contributed by atoms with Gasteiger partial charge in [-0.2, -0.15) is 5.26 Å². The van der Waals surface area contributed by atoms with Crippen LogP contribution < -0.4 is 9.64 Å². The Kier molecular flexibility index (Phi) is 10.4. The Hall–Kier alpha value is -2.84. The Labute approximate surface area is 252 Å². The molecule has 1 fully saturated rings. The number of hydrogen-bond acceptors (Lipinski definition) is 6. The lowest BCUT2D eigenvalue weighted by Crippen LogP contribution is -2.38. The molecule has 1 aliphatic rings. The molecule has 2 heterocycles. The van der Waals surface area contributed by atoms with Crippen LogP contribution in [0.3, 0.4) is 0 Å². The molecule has 4 rings (SSSR count). The van der Waals surface area contributed by atoms with Crippen molar-refractivity contribution in [1.82, 2.24) is 8.87 Å². The minimum atomic E-state index is -3.21. The SMILES string of the molecule is CCN(CC)c1cccc(Oc2cc(C#N)c3c(c2)c(C2CCN(S(=O)(=O)CC)CC2)cn3COCC[Si](C)(C)C)c1. The van der Waals surface area contributed by atoms with Gasteiger partial charge in [0.2, 0.25) is 10.0 Å². The molecule has 0 radical (unpaired) electrons. The van der Waals surface area contributed by atoms with Gasteiger partial charge in [0.1, 0.15) is 24.3 Å². The Bertz CT molecular complexity index is 1510. The van der Waals surface area contributed by atoms with E-state index in [-0.39, 0.29) is 11.7 Å². The summed E-state index contributed by atoms with van der Waals surface area (Å²) in [5.74, 6) is 1.62. The van der Waals surface area contributed by atoms with Crippen LogP contribution in [0.4, 0.5) is 5.69 Å². The topological polar surface area (TPSA) is 87.8 Å². The fourth-order valence-corrected chi connectivity index (χ4v) is 7.54. The number of rotatable bonds is 13. The number of ether oxygens (including phenoxy) is 2. The first kappa shape index (κ1) is 32.1. The summed E-state index contributed by atoms with van der Waals surface area (Å²) in [7, 11) is -4.45. The maximum Gasteiger partial charge on any atom is 0.213 e. The molecular formula is C32H46N4O4SSi. The van der Waals surface area contributed by atoms with Gasteiger partial charge in [0.15, 0.2) is 0 Å². The molecule has 0 spiro atoms. The lowest BCUT2D eigenvalue weighted by molar-refractivity contribution is 0.0900. The molecule has 228 valence electrons. The number of aromatic nitrogens is 1. The summed E-state index contributed by atoms with van der Waals surface area (Å²) in [4.78, 5) is 2.27. The van der Waals surface area contributed by atoms with E-state index in [2.05, 4.69) is 56.7 Å². The number of piperidine rings is 1. The van der Waals surface area contributed by atoms with Crippen LogP contribution in [0.15, 0.2) is 42.6 Å². The predicted octanol–water partition coefficient (Wildman–Crippen LogP) is 6.99. The third-order valence-electron chi connectivity index (χ3n) is 8.16. The maximum absolute atomic E-state index is 12.5. The van der Waals surface area contributed by atoms with E-state index in [1.165, 1.54) is 0 Å². The van der Waals surface area contributed by atoms with Crippen molar-refractivity contribution in [3.8, 4) is 17.6 Å². The summed E-state index contributed by atoms with van der Waals surface area (Å²) in [6.45, 7) is 16.8. The average molecular weight is 611 g/mol. The fourth-order valence-electron chi connectivity index (χ4n) is 5.65. The van der Waals surface area contributed by atoms with Gasteiger partial charge in [-0.05, 0) is 69.3 Å². The van der Waals surface area contributed by atoms with E-state index in [1.54, 1.807) is 11.2 Å². The first-order chi connectivity index (χ1) is 20.0. The summed E-state index contributed by atoms with van der Waals surface area (Å²) in [6.07, 6.45) is 3.57. The molecule has 42 heavy (non-hydrogen) atoms. The number of anilines is 1. The van der Waals surface area contributed by atoms with Crippen LogP contribution in [-0.4, -0.2) is 63.9 Å². The number of benzene rings is 2. The van der Waals surface area contributed by atoms with Crippen LogP contribution in [0.5, 0.6) is 11.5 Å². The highest BCUT2D eigenvalue weighted by Crippen LogP contribution is 2.39. The Morgan fingerprint density at radius 2 is 1.76 bits per heavy atom. The first-order valence-electron chi connectivity index (χ1n) is 15.1. The predicted molar refractivity (Wildman–Crippen MR) is 174 cm³/mol. The Balaban J connectivity index is 1.70. The minimum absolute atomic E-state index is 0.118. The molecule has 1 saturated heterocycles. The summed E-state index contributed by atoms with van der Waals surface area (Å²) < 4.78 is 41.1. The second kappa shape index (κ2) is 13.6. The molecular weight excluding hydrogens is 565 g/mol. The molecule has 0 unspecified atom stereocenters. The molecule has 8 nitrogen and oxygen atoms in total. The van der Waals surface area contributed by atoms with Crippen LogP contribution in [0.25, 0.3) is 10.9 Å². The summed E-state index contributed by atoms with van der Waals surface area (Å²) >= 11 is 0. The smallest absolute Gasteiger partial charge is 0.213 e.